The predicted octanol–water partition coefficient (Wildman–Crippen LogP) is 4.49. The molecule has 0 bridgehead atoms. The first-order chi connectivity index (χ1) is 10.7. The van der Waals surface area contributed by atoms with E-state index in [-0.39, 0.29) is 5.43 Å². The number of aryl methyl sites for hydroxylation is 1. The van der Waals surface area contributed by atoms with Gasteiger partial charge in [0.2, 0.25) is 5.43 Å². The van der Waals surface area contributed by atoms with Gasteiger partial charge in [0.05, 0.1) is 5.52 Å². The highest BCUT2D eigenvalue weighted by atomic mass is 16.1. The molecule has 2 nitrogen and oxygen atoms in total. The average molecular weight is 285 g/mol. The second-order valence-corrected chi connectivity index (χ2v) is 5.52. The number of nitrogens with zero attached hydrogens (tertiary/aromatic N) is 1. The van der Waals surface area contributed by atoms with E-state index in [9.17, 15) is 4.79 Å². The summed E-state index contributed by atoms with van der Waals surface area (Å²) < 4.78 is 1.99. The van der Waals surface area contributed by atoms with Crippen molar-refractivity contribution in [1.82, 2.24) is 4.57 Å². The Morgan fingerprint density at radius 2 is 1.55 bits per heavy atom. The van der Waals surface area contributed by atoms with Crippen molar-refractivity contribution < 1.29 is 0 Å². The molecule has 0 saturated heterocycles. The third kappa shape index (κ3) is 1.58. The Bertz CT molecular complexity index is 1120. The van der Waals surface area contributed by atoms with Gasteiger partial charge in [0.25, 0.3) is 0 Å². The van der Waals surface area contributed by atoms with Gasteiger partial charge in [-0.05, 0) is 23.1 Å². The van der Waals surface area contributed by atoms with Crippen LogP contribution < -0.4 is 5.43 Å². The van der Waals surface area contributed by atoms with Gasteiger partial charge in [-0.1, -0.05) is 55.1 Å². The molecular weight excluding hydrogens is 270 g/mol. The molecule has 0 unspecified atom stereocenters. The van der Waals surface area contributed by atoms with E-state index in [1.807, 2.05) is 60.2 Å². The minimum atomic E-state index is 0.0670. The number of para-hydroxylation sites is 1. The van der Waals surface area contributed by atoms with Gasteiger partial charge in [0, 0.05) is 28.7 Å². The molecule has 106 valence electrons. The van der Waals surface area contributed by atoms with Crippen LogP contribution in [-0.4, -0.2) is 4.57 Å². The molecule has 2 heteroatoms. The second kappa shape index (κ2) is 4.57. The first kappa shape index (κ1) is 12.8. The fraction of sp³-hybridized carbons (Fsp3) is 0.0500. The summed E-state index contributed by atoms with van der Waals surface area (Å²) in [4.78, 5) is 13.1. The molecule has 0 aliphatic rings. The molecule has 1 heterocycles. The van der Waals surface area contributed by atoms with Crippen LogP contribution in [-0.2, 0) is 7.05 Å². The molecule has 22 heavy (non-hydrogen) atoms. The van der Waals surface area contributed by atoms with E-state index in [2.05, 4.69) is 18.7 Å². The van der Waals surface area contributed by atoms with E-state index in [0.717, 1.165) is 38.1 Å². The van der Waals surface area contributed by atoms with Crippen LogP contribution in [0.25, 0.3) is 38.7 Å². The van der Waals surface area contributed by atoms with Crippen LogP contribution in [0.2, 0.25) is 0 Å². The summed E-state index contributed by atoms with van der Waals surface area (Å²) >= 11 is 0. The van der Waals surface area contributed by atoms with Crippen molar-refractivity contribution in [3.63, 3.8) is 0 Å². The number of rotatable bonds is 1. The van der Waals surface area contributed by atoms with Gasteiger partial charge in [-0.2, -0.15) is 0 Å². The van der Waals surface area contributed by atoms with E-state index in [1.54, 1.807) is 0 Å². The number of hydrogen-bond acceptors (Lipinski definition) is 1. The molecule has 1 aromatic heterocycles. The number of hydrogen-bond donors (Lipinski definition) is 0. The Hall–Kier alpha value is -2.87. The molecule has 0 fully saturated rings. The molecule has 0 saturated carbocycles. The van der Waals surface area contributed by atoms with Gasteiger partial charge in [-0.15, -0.1) is 0 Å². The van der Waals surface area contributed by atoms with Crippen molar-refractivity contribution in [1.29, 1.82) is 0 Å². The van der Waals surface area contributed by atoms with Gasteiger partial charge < -0.3 is 4.57 Å². The van der Waals surface area contributed by atoms with Crippen molar-refractivity contribution in [3.05, 3.63) is 77.0 Å². The quantitative estimate of drug-likeness (QED) is 0.505. The predicted molar refractivity (Wildman–Crippen MR) is 94.3 cm³/mol. The molecule has 0 N–H and O–H groups in total. The lowest BCUT2D eigenvalue weighted by Gasteiger charge is -1.97. The maximum absolute atomic E-state index is 13.1. The summed E-state index contributed by atoms with van der Waals surface area (Å²) in [5.74, 6) is 0. The fourth-order valence-electron chi connectivity index (χ4n) is 3.31. The maximum Gasteiger partial charge on any atom is 0.210 e. The van der Waals surface area contributed by atoms with E-state index in [0.29, 0.717) is 0 Å². The molecule has 0 atom stereocenters. The highest BCUT2D eigenvalue weighted by Gasteiger charge is 2.13. The van der Waals surface area contributed by atoms with Crippen LogP contribution in [0.15, 0.2) is 66.0 Å². The Labute approximate surface area is 127 Å². The standard InChI is InChI=1S/C20H15NO/c1-3-13-12-17-15-9-6-7-11-18(15)21(2)19(17)20(22)16-10-5-4-8-14(13)16/h3-12H,1H2,2H3. The van der Waals surface area contributed by atoms with Gasteiger partial charge in [0.1, 0.15) is 0 Å². The first-order valence-electron chi connectivity index (χ1n) is 7.28. The van der Waals surface area contributed by atoms with Crippen LogP contribution >= 0.6 is 0 Å². The lowest BCUT2D eigenvalue weighted by Crippen LogP contribution is -2.03. The van der Waals surface area contributed by atoms with Crippen LogP contribution in [0, 0.1) is 0 Å². The highest BCUT2D eigenvalue weighted by Crippen LogP contribution is 2.29. The molecule has 4 aromatic rings. The van der Waals surface area contributed by atoms with Gasteiger partial charge >= 0.3 is 0 Å². The summed E-state index contributed by atoms with van der Waals surface area (Å²) in [7, 11) is 1.95. The summed E-state index contributed by atoms with van der Waals surface area (Å²) in [5, 5.41) is 3.76. The number of fused-ring (bicyclic) bond motifs is 4. The van der Waals surface area contributed by atoms with E-state index in [1.165, 1.54) is 0 Å². The van der Waals surface area contributed by atoms with Crippen molar-refractivity contribution >= 4 is 38.7 Å². The smallest absolute Gasteiger partial charge is 0.210 e. The Balaban J connectivity index is 2.45. The van der Waals surface area contributed by atoms with E-state index < -0.39 is 0 Å². The molecule has 0 aliphatic carbocycles. The number of aromatic nitrogens is 1. The second-order valence-electron chi connectivity index (χ2n) is 5.52. The van der Waals surface area contributed by atoms with Gasteiger partial charge in [-0.3, -0.25) is 4.79 Å². The Morgan fingerprint density at radius 3 is 2.27 bits per heavy atom. The zero-order chi connectivity index (χ0) is 15.3. The topological polar surface area (TPSA) is 22.0 Å². The normalized spacial score (nSPS) is 11.3. The zero-order valence-electron chi connectivity index (χ0n) is 12.3. The summed E-state index contributed by atoms with van der Waals surface area (Å²) in [5.41, 5.74) is 2.86. The first-order valence-corrected chi connectivity index (χ1v) is 7.28. The van der Waals surface area contributed by atoms with Crippen molar-refractivity contribution in [2.45, 2.75) is 0 Å². The molecule has 4 rings (SSSR count). The third-order valence-corrected chi connectivity index (χ3v) is 4.36. The molecular formula is C20H15NO. The average Bonchev–Trinajstić information content (AvgIpc) is 2.77. The summed E-state index contributed by atoms with van der Waals surface area (Å²) in [6.07, 6.45) is 1.82. The summed E-state index contributed by atoms with van der Waals surface area (Å²) in [6, 6.07) is 17.9. The van der Waals surface area contributed by atoms with E-state index in [4.69, 9.17) is 0 Å². The lowest BCUT2D eigenvalue weighted by atomic mass is 10.1. The minimum Gasteiger partial charge on any atom is -0.340 e. The molecule has 0 spiro atoms. The lowest BCUT2D eigenvalue weighted by molar-refractivity contribution is 1.01. The SMILES string of the molecule is C=Cc1cc2c3ccccc3n(C)c2c(=O)c2ccccc12. The van der Waals surface area contributed by atoms with Crippen molar-refractivity contribution in [3.8, 4) is 0 Å². The van der Waals surface area contributed by atoms with Crippen molar-refractivity contribution in [2.75, 3.05) is 0 Å². The third-order valence-electron chi connectivity index (χ3n) is 4.36. The monoisotopic (exact) mass is 285 g/mol. The molecule has 3 aromatic carbocycles. The maximum atomic E-state index is 13.1. The molecule has 0 radical (unpaired) electrons. The zero-order valence-corrected chi connectivity index (χ0v) is 12.3. The van der Waals surface area contributed by atoms with Crippen molar-refractivity contribution in [2.24, 2.45) is 7.05 Å². The van der Waals surface area contributed by atoms with Crippen LogP contribution in [0.5, 0.6) is 0 Å². The fourth-order valence-corrected chi connectivity index (χ4v) is 3.31. The van der Waals surface area contributed by atoms with Crippen LogP contribution in [0.1, 0.15) is 5.56 Å². The van der Waals surface area contributed by atoms with E-state index >= 15 is 0 Å². The highest BCUT2D eigenvalue weighted by molar-refractivity contribution is 6.11. The summed E-state index contributed by atoms with van der Waals surface area (Å²) in [6.45, 7) is 3.92. The molecule has 0 aliphatic heterocycles. The van der Waals surface area contributed by atoms with Gasteiger partial charge in [0.15, 0.2) is 0 Å². The largest absolute Gasteiger partial charge is 0.340 e. The van der Waals surface area contributed by atoms with Crippen LogP contribution in [0.4, 0.5) is 0 Å². The van der Waals surface area contributed by atoms with Gasteiger partial charge in [-0.25, -0.2) is 0 Å². The Kier molecular flexibility index (Phi) is 2.67. The number of benzene rings is 2. The molecule has 0 amide bonds. The van der Waals surface area contributed by atoms with Crippen LogP contribution in [0.3, 0.4) is 0 Å². The minimum absolute atomic E-state index is 0.0670. The Morgan fingerprint density at radius 1 is 0.909 bits per heavy atom.